The van der Waals surface area contributed by atoms with Gasteiger partial charge in [0.15, 0.2) is 5.01 Å². The zero-order valence-electron chi connectivity index (χ0n) is 19.7. The molecule has 0 saturated carbocycles. The van der Waals surface area contributed by atoms with E-state index in [2.05, 4.69) is 22.5 Å². The van der Waals surface area contributed by atoms with Gasteiger partial charge in [0.25, 0.3) is 5.91 Å². The summed E-state index contributed by atoms with van der Waals surface area (Å²) in [6.45, 7) is 6.55. The average molecular weight is 484 g/mol. The van der Waals surface area contributed by atoms with Crippen LogP contribution in [0.2, 0.25) is 0 Å². The third-order valence-corrected chi connectivity index (χ3v) is 6.64. The van der Waals surface area contributed by atoms with Crippen LogP contribution >= 0.6 is 11.3 Å². The summed E-state index contributed by atoms with van der Waals surface area (Å²) in [5.74, 6) is 1.58. The number of ether oxygens (including phenoxy) is 3. The number of hydrogen-bond donors (Lipinski definition) is 2. The first-order valence-corrected chi connectivity index (χ1v) is 12.9. The van der Waals surface area contributed by atoms with Crippen molar-refractivity contribution in [3.05, 3.63) is 53.0 Å². The fourth-order valence-electron chi connectivity index (χ4n) is 3.84. The fourth-order valence-corrected chi connectivity index (χ4v) is 4.73. The van der Waals surface area contributed by atoms with Crippen LogP contribution in [0.15, 0.2) is 42.5 Å². The van der Waals surface area contributed by atoms with Gasteiger partial charge in [0.05, 0.1) is 36.1 Å². The summed E-state index contributed by atoms with van der Waals surface area (Å²) in [5, 5.41) is 6.83. The number of thiazole rings is 1. The molecular formula is C26H33N3O4S. The Hall–Kier alpha value is -2.68. The van der Waals surface area contributed by atoms with E-state index in [0.29, 0.717) is 31.4 Å². The molecule has 4 rings (SSSR count). The summed E-state index contributed by atoms with van der Waals surface area (Å²) >= 11 is 1.42. The normalized spacial score (nSPS) is 15.0. The molecule has 1 aromatic heterocycles. The summed E-state index contributed by atoms with van der Waals surface area (Å²) in [5.41, 5.74) is 1.92. The molecule has 7 nitrogen and oxygen atoms in total. The maximum absolute atomic E-state index is 12.3. The van der Waals surface area contributed by atoms with Crippen LogP contribution in [0.25, 0.3) is 10.2 Å². The number of aromatic nitrogens is 1. The van der Waals surface area contributed by atoms with Crippen LogP contribution in [-0.2, 0) is 4.74 Å². The number of para-hydroxylation sites is 1. The van der Waals surface area contributed by atoms with Crippen LogP contribution in [0, 0.1) is 0 Å². The van der Waals surface area contributed by atoms with Crippen molar-refractivity contribution in [3.8, 4) is 11.5 Å². The highest BCUT2D eigenvalue weighted by atomic mass is 32.1. The third kappa shape index (κ3) is 6.68. The third-order valence-electron chi connectivity index (χ3n) is 5.60. The maximum Gasteiger partial charge on any atom is 0.280 e. The molecule has 1 amide bonds. The summed E-state index contributed by atoms with van der Waals surface area (Å²) in [6.07, 6.45) is 3.68. The molecule has 0 aliphatic carbocycles. The molecule has 182 valence electrons. The lowest BCUT2D eigenvalue weighted by atomic mass is 10.0. The minimum Gasteiger partial charge on any atom is -0.494 e. The molecule has 1 atom stereocenters. The van der Waals surface area contributed by atoms with Crippen LogP contribution < -0.4 is 20.1 Å². The quantitative estimate of drug-likeness (QED) is 0.342. The van der Waals surface area contributed by atoms with Crippen LogP contribution in [0.5, 0.6) is 11.5 Å². The molecule has 1 aliphatic rings. The zero-order chi connectivity index (χ0) is 23.6. The molecule has 0 unspecified atom stereocenters. The number of carbonyl (C=O) groups excluding carboxylic acids is 1. The maximum atomic E-state index is 12.3. The van der Waals surface area contributed by atoms with Crippen LogP contribution in [0.4, 0.5) is 0 Å². The SMILES string of the molecule is CCCNCCO[C@H]1CCOc2ccc(OCCCCNC(=O)c3nc4ccccc4s3)cc21. The molecule has 0 saturated heterocycles. The lowest BCUT2D eigenvalue weighted by Gasteiger charge is -2.26. The minimum absolute atomic E-state index is 0.0356. The Labute approximate surface area is 204 Å². The second-order valence-electron chi connectivity index (χ2n) is 8.24. The first-order chi connectivity index (χ1) is 16.7. The first-order valence-electron chi connectivity index (χ1n) is 12.1. The van der Waals surface area contributed by atoms with Gasteiger partial charge in [-0.2, -0.15) is 0 Å². The summed E-state index contributed by atoms with van der Waals surface area (Å²) in [6, 6.07) is 13.7. The van der Waals surface area contributed by atoms with Gasteiger partial charge < -0.3 is 24.8 Å². The van der Waals surface area contributed by atoms with Crippen molar-refractivity contribution in [3.63, 3.8) is 0 Å². The molecule has 2 aromatic carbocycles. The molecule has 2 N–H and O–H groups in total. The second-order valence-corrected chi connectivity index (χ2v) is 9.28. The highest BCUT2D eigenvalue weighted by Gasteiger charge is 2.22. The Morgan fingerprint density at radius 1 is 1.15 bits per heavy atom. The molecular weight excluding hydrogens is 450 g/mol. The van der Waals surface area contributed by atoms with E-state index >= 15 is 0 Å². The Bertz CT molecular complexity index is 1040. The van der Waals surface area contributed by atoms with Crippen LogP contribution in [0.3, 0.4) is 0 Å². The van der Waals surface area contributed by atoms with E-state index in [4.69, 9.17) is 14.2 Å². The minimum atomic E-state index is -0.118. The Morgan fingerprint density at radius 3 is 2.94 bits per heavy atom. The monoisotopic (exact) mass is 483 g/mol. The average Bonchev–Trinajstić information content (AvgIpc) is 3.30. The zero-order valence-corrected chi connectivity index (χ0v) is 20.5. The van der Waals surface area contributed by atoms with Gasteiger partial charge in [0.1, 0.15) is 11.5 Å². The molecule has 3 aromatic rings. The summed E-state index contributed by atoms with van der Waals surface area (Å²) < 4.78 is 18.9. The van der Waals surface area contributed by atoms with Crippen molar-refractivity contribution in [1.29, 1.82) is 0 Å². The molecule has 8 heteroatoms. The number of carbonyl (C=O) groups is 1. The van der Waals surface area contributed by atoms with Crippen molar-refractivity contribution in [2.45, 2.75) is 38.7 Å². The number of benzene rings is 2. The molecule has 1 aliphatic heterocycles. The number of hydrogen-bond acceptors (Lipinski definition) is 7. The van der Waals surface area contributed by atoms with Gasteiger partial charge >= 0.3 is 0 Å². The largest absolute Gasteiger partial charge is 0.494 e. The van der Waals surface area contributed by atoms with Crippen LogP contribution in [0.1, 0.15) is 54.1 Å². The number of unbranched alkanes of at least 4 members (excludes halogenated alkanes) is 1. The summed E-state index contributed by atoms with van der Waals surface area (Å²) in [4.78, 5) is 16.7. The molecule has 0 bridgehead atoms. The lowest BCUT2D eigenvalue weighted by molar-refractivity contribution is 0.0256. The molecule has 2 heterocycles. The predicted molar refractivity (Wildman–Crippen MR) is 135 cm³/mol. The number of amides is 1. The van der Waals surface area contributed by atoms with E-state index in [1.165, 1.54) is 11.3 Å². The molecule has 0 fully saturated rings. The van der Waals surface area contributed by atoms with Crippen molar-refractivity contribution in [1.82, 2.24) is 15.6 Å². The van der Waals surface area contributed by atoms with Crippen molar-refractivity contribution in [2.24, 2.45) is 0 Å². The van der Waals surface area contributed by atoms with Crippen molar-refractivity contribution < 1.29 is 19.0 Å². The van der Waals surface area contributed by atoms with Gasteiger partial charge in [-0.3, -0.25) is 4.79 Å². The smallest absolute Gasteiger partial charge is 0.280 e. The second kappa shape index (κ2) is 12.7. The standard InChI is InChI=1S/C26H33N3O4S/c1-2-12-27-14-17-33-23-11-16-32-22-10-9-19(18-20(22)23)31-15-6-5-13-28-25(30)26-29-21-7-3-4-8-24(21)34-26/h3-4,7-10,18,23,27H,2,5-6,11-17H2,1H3,(H,28,30)/t23-/m0/s1. The topological polar surface area (TPSA) is 81.7 Å². The van der Waals surface area contributed by atoms with Gasteiger partial charge in [-0.05, 0) is 56.1 Å². The Kier molecular flexibility index (Phi) is 9.12. The number of nitrogens with zero attached hydrogens (tertiary/aromatic N) is 1. The van der Waals surface area contributed by atoms with Gasteiger partial charge in [-0.1, -0.05) is 19.1 Å². The van der Waals surface area contributed by atoms with Crippen molar-refractivity contribution >= 4 is 27.5 Å². The fraction of sp³-hybridized carbons (Fsp3) is 0.462. The van der Waals surface area contributed by atoms with Crippen molar-refractivity contribution in [2.75, 3.05) is 39.5 Å². The highest BCUT2D eigenvalue weighted by Crippen LogP contribution is 2.36. The molecule has 0 radical (unpaired) electrons. The number of rotatable bonds is 13. The van der Waals surface area contributed by atoms with Gasteiger partial charge in [0, 0.05) is 25.1 Å². The van der Waals surface area contributed by atoms with E-state index in [1.54, 1.807) is 0 Å². The summed E-state index contributed by atoms with van der Waals surface area (Å²) in [7, 11) is 0. The first kappa shape index (κ1) is 24.4. The van der Waals surface area contributed by atoms with Gasteiger partial charge in [-0.15, -0.1) is 11.3 Å². The number of nitrogens with one attached hydrogen (secondary N) is 2. The van der Waals surface area contributed by atoms with E-state index in [1.807, 2.05) is 42.5 Å². The Balaban J connectivity index is 1.17. The Morgan fingerprint density at radius 2 is 2.06 bits per heavy atom. The molecule has 34 heavy (non-hydrogen) atoms. The van der Waals surface area contributed by atoms with Gasteiger partial charge in [0.2, 0.25) is 0 Å². The van der Waals surface area contributed by atoms with Gasteiger partial charge in [-0.25, -0.2) is 4.98 Å². The van der Waals surface area contributed by atoms with E-state index < -0.39 is 0 Å². The van der Waals surface area contributed by atoms with E-state index in [-0.39, 0.29) is 12.0 Å². The molecule has 0 spiro atoms. The van der Waals surface area contributed by atoms with E-state index in [0.717, 1.165) is 66.1 Å². The van der Waals surface area contributed by atoms with Crippen LogP contribution in [-0.4, -0.2) is 50.3 Å². The number of fused-ring (bicyclic) bond motifs is 2. The highest BCUT2D eigenvalue weighted by molar-refractivity contribution is 7.20. The lowest BCUT2D eigenvalue weighted by Crippen LogP contribution is -2.24. The predicted octanol–water partition coefficient (Wildman–Crippen LogP) is 4.73. The van der Waals surface area contributed by atoms with E-state index in [9.17, 15) is 4.79 Å².